The first-order valence-corrected chi connectivity index (χ1v) is 55.3. The third-order valence-electron chi connectivity index (χ3n) is 22.8. The Morgan fingerprint density at radius 2 is 0.621 bits per heavy atom. The molecular formula is C102H192N4Na2O22P2. The first-order chi connectivity index (χ1) is 63.1. The third kappa shape index (κ3) is 93.2. The maximum atomic E-state index is 14.0. The Kier molecular flexibility index (Phi) is 101. The number of nitrogens with one attached hydrogen (secondary N) is 4. The molecule has 0 aliphatic carbocycles. The van der Waals surface area contributed by atoms with E-state index in [-0.39, 0.29) is 143 Å². The van der Waals surface area contributed by atoms with E-state index in [4.69, 9.17) is 46.5 Å². The summed E-state index contributed by atoms with van der Waals surface area (Å²) in [6.07, 6.45) is 65.3. The summed E-state index contributed by atoms with van der Waals surface area (Å²) in [7, 11) is -10.1. The Balaban J connectivity index is -0.0000832. The second kappa shape index (κ2) is 99.4. The Morgan fingerprint density at radius 1 is 0.318 bits per heavy atom. The van der Waals surface area contributed by atoms with Crippen molar-refractivity contribution in [2.75, 3.05) is 65.9 Å². The zero-order valence-electron chi connectivity index (χ0n) is 85.2. The van der Waals surface area contributed by atoms with Crippen molar-refractivity contribution < 1.29 is 164 Å². The van der Waals surface area contributed by atoms with Gasteiger partial charge in [0.1, 0.15) is 18.4 Å². The van der Waals surface area contributed by atoms with Crippen LogP contribution in [0.4, 0.5) is 0 Å². The maximum absolute atomic E-state index is 14.0. The number of ether oxygens (including phenoxy) is 6. The molecule has 0 aromatic carbocycles. The SMILES string of the molecule is CCCCCC/C=C\CCCC(=O)OC(CCCCCCC)CCOCC(COP(=O)([O-])OCCNC(=O)CCC(=O)NCCOP(=O)([O-])OCC(COCCC(CCCCCCC)OC(=O)CCC/C=C\CCCCCC)NC(O)C[C@@H](CCCCCCC)OC(O)CCC/C=C\CCCCCC)NC(=O)C[C@@H](CCCCCCC)OC(O)CCC/C=C\CCCCCC.[Na+].[Na+]. The normalized spacial score (nSPS) is 14.9. The molecule has 0 aliphatic rings. The molecule has 0 fully saturated rings. The molecule has 0 bridgehead atoms. The second-order valence-corrected chi connectivity index (χ2v) is 38.4. The fourth-order valence-electron chi connectivity index (χ4n) is 15.0. The second-order valence-electron chi connectivity index (χ2n) is 35.6. The van der Waals surface area contributed by atoms with Crippen molar-refractivity contribution in [2.45, 2.75) is 509 Å². The minimum Gasteiger partial charge on any atom is -0.756 e. The van der Waals surface area contributed by atoms with Gasteiger partial charge in [-0.2, -0.15) is 0 Å². The number of phosphoric ester groups is 2. The maximum Gasteiger partial charge on any atom is 1.00 e. The average Bonchev–Trinajstić information content (AvgIpc) is 0.904. The van der Waals surface area contributed by atoms with Gasteiger partial charge in [0.15, 0.2) is 12.6 Å². The van der Waals surface area contributed by atoms with Crippen molar-refractivity contribution in [2.24, 2.45) is 0 Å². The van der Waals surface area contributed by atoms with E-state index in [1.165, 1.54) is 77.0 Å². The van der Waals surface area contributed by atoms with Crippen molar-refractivity contribution in [3.05, 3.63) is 48.6 Å². The standard InChI is InChI=1S/C102H194N4O22P2.2Na/c1-9-17-25-33-37-41-45-53-61-69-99(111)125-91(65-57-49-29-21-13-5)75-79-119-85-89(105-97(109)83-93(67-59-51-31-23-15-7)127-101(113)71-63-55-47-43-39-35-27-19-11-3)87-123-129(115,116)121-81-77-103-95(107)73-74-96(108)104-78-82-122-130(117,118)124-88-90(86-120-80-76-92(66-58-50-30-22-14-6)126-100(112)70-62-54-46-42-38-34-26-18-10-2)106-98(110)84-94(68-60-52-32-24-16-8)128-102(114)72-64-56-48-44-40-36-28-20-12-4;;/h41-48,89-94,97,101-102,105,109,113-114H,9-40,49-88H2,1-8H3,(H,103,107)(H,104,108)(H,106,110)(H,115,116)(H,117,118);;/q;2*+1/p-2/b45-41-,46-42-,47-43-,48-44-;;/t89?,90?,91?,92?,93-,94-,97?,101?,102?;;/m1../s1. The fraction of sp³-hybridized carbons (Fsp3) is 0.873. The number of phosphoric acid groups is 2. The number of esters is 2. The predicted molar refractivity (Wildman–Crippen MR) is 521 cm³/mol. The van der Waals surface area contributed by atoms with Crippen molar-refractivity contribution in [1.29, 1.82) is 0 Å². The zero-order valence-corrected chi connectivity index (χ0v) is 91.0. The number of allylic oxidation sites excluding steroid dienone is 8. The first-order valence-electron chi connectivity index (χ1n) is 52.4. The summed E-state index contributed by atoms with van der Waals surface area (Å²) < 4.78 is 84.5. The minimum absolute atomic E-state index is 0. The molecule has 0 saturated heterocycles. The van der Waals surface area contributed by atoms with Crippen LogP contribution >= 0.6 is 15.6 Å². The van der Waals surface area contributed by atoms with E-state index < -0.39 is 115 Å². The van der Waals surface area contributed by atoms with Gasteiger partial charge in [0.05, 0.1) is 83.6 Å². The van der Waals surface area contributed by atoms with Crippen molar-refractivity contribution in [3.8, 4) is 0 Å². The molecule has 0 heterocycles. The minimum atomic E-state index is -5.09. The fourth-order valence-corrected chi connectivity index (χ4v) is 16.5. The number of hydrogen-bond acceptors (Lipinski definition) is 23. The van der Waals surface area contributed by atoms with Crippen molar-refractivity contribution >= 4 is 45.3 Å². The van der Waals surface area contributed by atoms with Crippen LogP contribution in [0.5, 0.6) is 0 Å². The van der Waals surface area contributed by atoms with Crippen LogP contribution in [0.2, 0.25) is 0 Å². The Bertz CT molecular complexity index is 2840. The van der Waals surface area contributed by atoms with E-state index in [2.05, 4.69) is 125 Å². The van der Waals surface area contributed by atoms with Crippen molar-refractivity contribution in [1.82, 2.24) is 21.3 Å². The van der Waals surface area contributed by atoms with E-state index in [1.54, 1.807) is 0 Å². The summed E-state index contributed by atoms with van der Waals surface area (Å²) in [5.41, 5.74) is 0. The van der Waals surface area contributed by atoms with Crippen LogP contribution in [0.15, 0.2) is 48.6 Å². The largest absolute Gasteiger partial charge is 1.00 e. The number of rotatable bonds is 100. The molecule has 0 rings (SSSR count). The topological polar surface area (TPSA) is 367 Å². The molecule has 0 aromatic heterocycles. The van der Waals surface area contributed by atoms with E-state index in [9.17, 15) is 58.2 Å². The van der Waals surface area contributed by atoms with Gasteiger partial charge in [0.25, 0.3) is 15.6 Å². The Labute approximate surface area is 847 Å². The molecule has 30 heteroatoms. The van der Waals surface area contributed by atoms with Gasteiger partial charge in [0, 0.05) is 58.0 Å². The van der Waals surface area contributed by atoms with Gasteiger partial charge < -0.3 is 87.6 Å². The smallest absolute Gasteiger partial charge is 0.756 e. The molecular weight excluding hydrogens is 1740 g/mol. The summed E-state index contributed by atoms with van der Waals surface area (Å²) in [5.74, 6) is -2.23. The van der Waals surface area contributed by atoms with Crippen LogP contribution in [0.3, 0.4) is 0 Å². The van der Waals surface area contributed by atoms with Gasteiger partial charge in [-0.15, -0.1) is 0 Å². The number of hydrogen-bond donors (Lipinski definition) is 7. The summed E-state index contributed by atoms with van der Waals surface area (Å²) in [6.45, 7) is 14.6. The van der Waals surface area contributed by atoms with Crippen LogP contribution in [-0.4, -0.2) is 166 Å². The van der Waals surface area contributed by atoms with Crippen molar-refractivity contribution in [3.63, 3.8) is 0 Å². The molecule has 26 nitrogen and oxygen atoms in total. The summed E-state index contributed by atoms with van der Waals surface area (Å²) in [4.78, 5) is 93.0. The molecule has 0 saturated carbocycles. The number of carbonyl (C=O) groups is 5. The van der Waals surface area contributed by atoms with Gasteiger partial charge in [-0.25, -0.2) is 0 Å². The van der Waals surface area contributed by atoms with Crippen LogP contribution in [-0.2, 0) is 79.6 Å². The molecule has 9 unspecified atom stereocenters. The number of aliphatic hydroxyl groups excluding tert-OH is 3. The molecule has 0 aromatic rings. The zero-order chi connectivity index (χ0) is 95.6. The third-order valence-corrected chi connectivity index (χ3v) is 24.7. The van der Waals surface area contributed by atoms with E-state index in [0.717, 1.165) is 212 Å². The molecule has 7 N–H and O–H groups in total. The molecule has 764 valence electrons. The predicted octanol–water partition coefficient (Wildman–Crippen LogP) is 16.8. The average molecular weight is 1930 g/mol. The van der Waals surface area contributed by atoms with E-state index in [0.29, 0.717) is 77.0 Å². The number of carbonyl (C=O) groups excluding carboxylic acids is 5. The van der Waals surface area contributed by atoms with Crippen LogP contribution < -0.4 is 90.2 Å². The molecule has 0 radical (unpaired) electrons. The van der Waals surface area contributed by atoms with Crippen LogP contribution in [0.25, 0.3) is 0 Å². The Morgan fingerprint density at radius 3 is 0.985 bits per heavy atom. The van der Waals surface area contributed by atoms with Crippen LogP contribution in [0.1, 0.15) is 453 Å². The number of aliphatic hydroxyl groups is 3. The van der Waals surface area contributed by atoms with Gasteiger partial charge in [-0.3, -0.25) is 38.4 Å². The molecule has 3 amide bonds. The molecule has 11 atom stereocenters. The quantitative estimate of drug-likeness (QED) is 0.00742. The number of amides is 3. The first kappa shape index (κ1) is 134. The van der Waals surface area contributed by atoms with Gasteiger partial charge >= 0.3 is 71.1 Å². The van der Waals surface area contributed by atoms with Gasteiger partial charge in [-0.1, -0.05) is 297 Å². The Hall–Kier alpha value is -1.79. The van der Waals surface area contributed by atoms with E-state index >= 15 is 0 Å². The monoisotopic (exact) mass is 1930 g/mol. The molecule has 0 spiro atoms. The summed E-state index contributed by atoms with van der Waals surface area (Å²) >= 11 is 0. The van der Waals surface area contributed by atoms with Gasteiger partial charge in [-0.05, 0) is 154 Å². The number of unbranched alkanes of at least 4 members (excludes halogenated alkanes) is 36. The molecule has 132 heavy (non-hydrogen) atoms. The summed E-state index contributed by atoms with van der Waals surface area (Å²) in [5, 5.41) is 44.9. The molecule has 0 aliphatic heterocycles. The van der Waals surface area contributed by atoms with Gasteiger partial charge in [0.2, 0.25) is 17.7 Å². The van der Waals surface area contributed by atoms with Crippen LogP contribution in [0, 0.1) is 0 Å². The summed E-state index contributed by atoms with van der Waals surface area (Å²) in [6, 6.07) is -1.92. The van der Waals surface area contributed by atoms with E-state index in [1.807, 2.05) is 0 Å².